The number of nitrogens with one attached hydrogen (secondary N) is 1. The van der Waals surface area contributed by atoms with Crippen LogP contribution in [0.5, 0.6) is 0 Å². The highest BCUT2D eigenvalue weighted by Crippen LogP contribution is 2.25. The maximum Gasteiger partial charge on any atom is 0.347 e. The highest BCUT2D eigenvalue weighted by atomic mass is 32.1. The van der Waals surface area contributed by atoms with Crippen LogP contribution in [-0.4, -0.2) is 34.2 Å². The number of nitrogens with zero attached hydrogens (tertiary/aromatic N) is 1. The van der Waals surface area contributed by atoms with Crippen molar-refractivity contribution in [2.45, 2.75) is 71.1 Å². The van der Waals surface area contributed by atoms with Crippen molar-refractivity contribution in [3.63, 3.8) is 0 Å². The molecule has 1 aliphatic rings. The lowest BCUT2D eigenvalue weighted by Crippen LogP contribution is -2.39. The maximum absolute atomic E-state index is 12.4. The van der Waals surface area contributed by atoms with Gasteiger partial charge in [0.05, 0.1) is 17.8 Å². The van der Waals surface area contributed by atoms with Crippen LogP contribution in [0, 0.1) is 6.92 Å². The Kier molecular flexibility index (Phi) is 6.12. The van der Waals surface area contributed by atoms with Crippen LogP contribution in [0.4, 0.5) is 0 Å². The fourth-order valence-electron chi connectivity index (χ4n) is 2.77. The van der Waals surface area contributed by atoms with Gasteiger partial charge < -0.3 is 15.2 Å². The number of carbonyl (C=O) groups excluding carboxylic acids is 1. The van der Waals surface area contributed by atoms with Gasteiger partial charge in [0, 0.05) is 0 Å². The Morgan fingerprint density at radius 3 is 2.61 bits per heavy atom. The van der Waals surface area contributed by atoms with E-state index in [0.717, 1.165) is 37.0 Å². The first-order valence-corrected chi connectivity index (χ1v) is 8.90. The molecule has 23 heavy (non-hydrogen) atoms. The summed E-state index contributed by atoms with van der Waals surface area (Å²) in [7, 11) is 0. The molecule has 2 unspecified atom stereocenters. The number of thiazole rings is 1. The van der Waals surface area contributed by atoms with Crippen molar-refractivity contribution in [3.8, 4) is 0 Å². The molecule has 6 nitrogen and oxygen atoms in total. The molecule has 0 radical (unpaired) electrons. The molecule has 1 amide bonds. The second kappa shape index (κ2) is 7.88. The zero-order chi connectivity index (χ0) is 17.0. The quantitative estimate of drug-likeness (QED) is 0.796. The Morgan fingerprint density at radius 1 is 1.43 bits per heavy atom. The molecular weight excluding hydrogens is 316 g/mol. The van der Waals surface area contributed by atoms with Gasteiger partial charge in [0.15, 0.2) is 0 Å². The Balaban J connectivity index is 1.97. The summed E-state index contributed by atoms with van der Waals surface area (Å²) in [6.07, 6.45) is 4.71. The molecule has 0 saturated heterocycles. The van der Waals surface area contributed by atoms with Crippen molar-refractivity contribution in [3.05, 3.63) is 15.6 Å². The third-order valence-electron chi connectivity index (χ3n) is 4.06. The van der Waals surface area contributed by atoms with Gasteiger partial charge in [-0.25, -0.2) is 9.78 Å². The molecule has 0 aliphatic heterocycles. The number of carbonyl (C=O) groups is 2. The number of aromatic carboxylic acids is 1. The summed E-state index contributed by atoms with van der Waals surface area (Å²) >= 11 is 1.10. The highest BCUT2D eigenvalue weighted by Gasteiger charge is 2.26. The molecule has 7 heteroatoms. The minimum Gasteiger partial charge on any atom is -0.477 e. The van der Waals surface area contributed by atoms with E-state index < -0.39 is 12.1 Å². The zero-order valence-electron chi connectivity index (χ0n) is 13.8. The Bertz CT molecular complexity index is 566. The number of aromatic nitrogens is 1. The van der Waals surface area contributed by atoms with E-state index in [2.05, 4.69) is 10.3 Å². The Morgan fingerprint density at radius 2 is 2.09 bits per heavy atom. The van der Waals surface area contributed by atoms with Gasteiger partial charge in [0.2, 0.25) is 5.91 Å². The summed E-state index contributed by atoms with van der Waals surface area (Å²) in [6, 6.07) is -0.333. The topological polar surface area (TPSA) is 88.5 Å². The van der Waals surface area contributed by atoms with E-state index in [-0.39, 0.29) is 22.9 Å². The van der Waals surface area contributed by atoms with Crippen LogP contribution in [0.3, 0.4) is 0 Å². The SMILES string of the molecule is CCC(OC1CCCC1)C(=O)NC(C)c1nc(C)c(C(=O)O)s1. The molecule has 0 spiro atoms. The molecule has 1 aliphatic carbocycles. The van der Waals surface area contributed by atoms with Crippen LogP contribution in [0.2, 0.25) is 0 Å². The van der Waals surface area contributed by atoms with Gasteiger partial charge in [0.25, 0.3) is 0 Å². The average Bonchev–Trinajstić information content (AvgIpc) is 3.13. The van der Waals surface area contributed by atoms with Crippen molar-refractivity contribution >= 4 is 23.2 Å². The summed E-state index contributed by atoms with van der Waals surface area (Å²) < 4.78 is 5.90. The molecule has 1 aromatic heterocycles. The largest absolute Gasteiger partial charge is 0.477 e. The number of aryl methyl sites for hydroxylation is 1. The number of hydrogen-bond donors (Lipinski definition) is 2. The predicted octanol–water partition coefficient (Wildman–Crippen LogP) is 3.06. The van der Waals surface area contributed by atoms with Gasteiger partial charge in [-0.05, 0) is 33.1 Å². The normalized spacial score (nSPS) is 17.9. The lowest BCUT2D eigenvalue weighted by Gasteiger charge is -2.22. The van der Waals surface area contributed by atoms with Gasteiger partial charge >= 0.3 is 5.97 Å². The lowest BCUT2D eigenvalue weighted by molar-refractivity contribution is -0.137. The molecule has 0 bridgehead atoms. The molecule has 2 N–H and O–H groups in total. The van der Waals surface area contributed by atoms with Crippen LogP contribution < -0.4 is 5.32 Å². The third kappa shape index (κ3) is 4.51. The van der Waals surface area contributed by atoms with Crippen molar-refractivity contribution in [1.29, 1.82) is 0 Å². The zero-order valence-corrected chi connectivity index (χ0v) is 14.6. The number of carboxylic acids is 1. The van der Waals surface area contributed by atoms with E-state index >= 15 is 0 Å². The molecule has 1 fully saturated rings. The summed E-state index contributed by atoms with van der Waals surface area (Å²) in [6.45, 7) is 5.40. The second-order valence-corrected chi connectivity index (χ2v) is 6.97. The average molecular weight is 340 g/mol. The van der Waals surface area contributed by atoms with E-state index in [9.17, 15) is 9.59 Å². The Hall–Kier alpha value is -1.47. The fourth-order valence-corrected chi connectivity index (χ4v) is 3.68. The number of hydrogen-bond acceptors (Lipinski definition) is 5. The Labute approximate surface area is 140 Å². The molecule has 1 heterocycles. The standard InChI is InChI=1S/C16H24N2O4S/c1-4-12(22-11-7-5-6-8-11)14(19)17-10(3)15-18-9(2)13(23-15)16(20)21/h10-12H,4-8H2,1-3H3,(H,17,19)(H,20,21). The monoisotopic (exact) mass is 340 g/mol. The smallest absolute Gasteiger partial charge is 0.347 e. The van der Waals surface area contributed by atoms with Gasteiger partial charge in [0.1, 0.15) is 16.0 Å². The van der Waals surface area contributed by atoms with Crippen LogP contribution in [0.15, 0.2) is 0 Å². The van der Waals surface area contributed by atoms with Gasteiger partial charge in [-0.2, -0.15) is 0 Å². The first-order chi connectivity index (χ1) is 10.9. The molecule has 2 atom stereocenters. The second-order valence-electron chi connectivity index (χ2n) is 5.94. The number of carboxylic acid groups (broad SMARTS) is 1. The molecule has 0 aromatic carbocycles. The van der Waals surface area contributed by atoms with Gasteiger partial charge in [-0.3, -0.25) is 4.79 Å². The predicted molar refractivity (Wildman–Crippen MR) is 87.8 cm³/mol. The fraction of sp³-hybridized carbons (Fsp3) is 0.688. The summed E-state index contributed by atoms with van der Waals surface area (Å²) in [5.41, 5.74) is 0.479. The molecule has 2 rings (SSSR count). The van der Waals surface area contributed by atoms with Crippen LogP contribution in [0.25, 0.3) is 0 Å². The minimum absolute atomic E-state index is 0.156. The van der Waals surface area contributed by atoms with E-state index in [1.807, 2.05) is 13.8 Å². The third-order valence-corrected chi connectivity index (χ3v) is 5.39. The van der Waals surface area contributed by atoms with E-state index in [4.69, 9.17) is 9.84 Å². The van der Waals surface area contributed by atoms with Gasteiger partial charge in [-0.1, -0.05) is 19.8 Å². The molecule has 128 valence electrons. The van der Waals surface area contributed by atoms with Crippen molar-refractivity contribution in [2.24, 2.45) is 0 Å². The summed E-state index contributed by atoms with van der Waals surface area (Å²) in [5, 5.41) is 12.6. The van der Waals surface area contributed by atoms with E-state index in [0.29, 0.717) is 17.1 Å². The number of ether oxygens (including phenoxy) is 1. The lowest BCUT2D eigenvalue weighted by atomic mass is 10.2. The van der Waals surface area contributed by atoms with E-state index in [1.54, 1.807) is 6.92 Å². The van der Waals surface area contributed by atoms with Crippen LogP contribution >= 0.6 is 11.3 Å². The number of amides is 1. The summed E-state index contributed by atoms with van der Waals surface area (Å²) in [4.78, 5) is 28.0. The number of rotatable bonds is 7. The molecule has 1 aromatic rings. The van der Waals surface area contributed by atoms with Crippen molar-refractivity contribution in [1.82, 2.24) is 10.3 Å². The van der Waals surface area contributed by atoms with Crippen molar-refractivity contribution in [2.75, 3.05) is 0 Å². The van der Waals surface area contributed by atoms with E-state index in [1.165, 1.54) is 0 Å². The minimum atomic E-state index is -0.985. The molecular formula is C16H24N2O4S. The van der Waals surface area contributed by atoms with Crippen LogP contribution in [0.1, 0.15) is 72.4 Å². The highest BCUT2D eigenvalue weighted by molar-refractivity contribution is 7.13. The van der Waals surface area contributed by atoms with Gasteiger partial charge in [-0.15, -0.1) is 11.3 Å². The first kappa shape index (κ1) is 17.9. The molecule has 1 saturated carbocycles. The summed E-state index contributed by atoms with van der Waals surface area (Å²) in [5.74, 6) is -1.14. The van der Waals surface area contributed by atoms with Crippen LogP contribution in [-0.2, 0) is 9.53 Å². The first-order valence-electron chi connectivity index (χ1n) is 8.08. The maximum atomic E-state index is 12.4. The van der Waals surface area contributed by atoms with Crippen molar-refractivity contribution < 1.29 is 19.4 Å².